The lowest BCUT2D eigenvalue weighted by molar-refractivity contribution is -0.128. The molecule has 2 aromatic carbocycles. The third-order valence-corrected chi connectivity index (χ3v) is 4.12. The number of nitrogens with one attached hydrogen (secondary N) is 1. The minimum atomic E-state index is -0.308. The molecule has 2 aromatic rings. The maximum Gasteiger partial charge on any atom is 0.262 e. The Morgan fingerprint density at radius 3 is 2.58 bits per heavy atom. The van der Waals surface area contributed by atoms with Crippen molar-refractivity contribution in [2.45, 2.75) is 12.8 Å². The molecule has 0 fully saturated rings. The molecular weight excluding hydrogens is 375 g/mol. The summed E-state index contributed by atoms with van der Waals surface area (Å²) in [5.74, 6) is 0.146. The average molecular weight is 395 g/mol. The highest BCUT2D eigenvalue weighted by atomic mass is 35.5. The van der Waals surface area contributed by atoms with Gasteiger partial charge in [-0.05, 0) is 42.3 Å². The van der Waals surface area contributed by atoms with Crippen LogP contribution in [0, 0.1) is 0 Å². The van der Waals surface area contributed by atoms with E-state index in [0.29, 0.717) is 34.3 Å². The van der Waals surface area contributed by atoms with Crippen molar-refractivity contribution in [3.05, 3.63) is 58.1 Å². The van der Waals surface area contributed by atoms with Crippen molar-refractivity contribution >= 4 is 40.7 Å². The van der Waals surface area contributed by atoms with E-state index in [1.807, 2.05) is 18.2 Å². The van der Waals surface area contributed by atoms with Crippen LogP contribution in [0.15, 0.2) is 42.5 Å². The maximum atomic E-state index is 12.1. The number of amides is 2. The first kappa shape index (κ1) is 20.1. The van der Waals surface area contributed by atoms with Crippen molar-refractivity contribution in [2.75, 3.05) is 26.0 Å². The average Bonchev–Trinajstić information content (AvgIpc) is 2.59. The zero-order chi connectivity index (χ0) is 19.1. The lowest BCUT2D eigenvalue weighted by Gasteiger charge is -2.11. The van der Waals surface area contributed by atoms with Crippen LogP contribution in [0.5, 0.6) is 5.75 Å². The van der Waals surface area contributed by atoms with E-state index < -0.39 is 0 Å². The second kappa shape index (κ2) is 9.46. The Bertz CT molecular complexity index is 794. The molecule has 0 aromatic heterocycles. The van der Waals surface area contributed by atoms with Crippen molar-refractivity contribution in [3.63, 3.8) is 0 Å². The predicted molar refractivity (Wildman–Crippen MR) is 104 cm³/mol. The number of rotatable bonds is 7. The number of benzene rings is 2. The molecule has 1 N–H and O–H groups in total. The fourth-order valence-electron chi connectivity index (χ4n) is 2.21. The van der Waals surface area contributed by atoms with Crippen molar-refractivity contribution < 1.29 is 14.3 Å². The highest BCUT2D eigenvalue weighted by Gasteiger charge is 2.08. The fraction of sp³-hybridized carbons (Fsp3) is 0.263. The van der Waals surface area contributed by atoms with Gasteiger partial charge in [0, 0.05) is 31.2 Å². The van der Waals surface area contributed by atoms with Crippen LogP contribution >= 0.6 is 23.2 Å². The lowest BCUT2D eigenvalue weighted by atomic mass is 10.1. The van der Waals surface area contributed by atoms with E-state index in [4.69, 9.17) is 27.9 Å². The summed E-state index contributed by atoms with van der Waals surface area (Å²) in [6.07, 6.45) is 1.03. The van der Waals surface area contributed by atoms with Gasteiger partial charge in [0.15, 0.2) is 6.61 Å². The Kier molecular flexibility index (Phi) is 7.30. The Balaban J connectivity index is 1.88. The number of halogens is 2. The van der Waals surface area contributed by atoms with Gasteiger partial charge in [-0.3, -0.25) is 9.59 Å². The monoisotopic (exact) mass is 394 g/mol. The third kappa shape index (κ3) is 6.24. The van der Waals surface area contributed by atoms with Crippen LogP contribution in [0.25, 0.3) is 0 Å². The fourth-order valence-corrected chi connectivity index (χ4v) is 2.68. The van der Waals surface area contributed by atoms with Crippen LogP contribution in [0.2, 0.25) is 10.0 Å². The van der Waals surface area contributed by atoms with E-state index in [9.17, 15) is 9.59 Å². The summed E-state index contributed by atoms with van der Waals surface area (Å²) in [6.45, 7) is -0.176. The summed E-state index contributed by atoms with van der Waals surface area (Å²) in [6, 6.07) is 12.2. The Hall–Kier alpha value is -2.24. The Labute approximate surface area is 162 Å². The van der Waals surface area contributed by atoms with Crippen LogP contribution in [0.1, 0.15) is 12.0 Å². The van der Waals surface area contributed by atoms with E-state index in [-0.39, 0.29) is 18.4 Å². The van der Waals surface area contributed by atoms with Gasteiger partial charge in [0.25, 0.3) is 5.91 Å². The van der Waals surface area contributed by atoms with Gasteiger partial charge in [-0.1, -0.05) is 35.3 Å². The molecule has 0 aliphatic rings. The standard InChI is InChI=1S/C19H20Cl2N2O3/c1-23(2)19(25)9-6-13-4-3-5-15(10-13)22-18(24)12-26-17-8-7-14(20)11-16(17)21/h3-5,7-8,10-11H,6,9,12H2,1-2H3,(H,22,24). The van der Waals surface area contributed by atoms with E-state index in [0.717, 1.165) is 5.56 Å². The van der Waals surface area contributed by atoms with Crippen molar-refractivity contribution in [1.29, 1.82) is 0 Å². The van der Waals surface area contributed by atoms with E-state index in [2.05, 4.69) is 5.32 Å². The van der Waals surface area contributed by atoms with Gasteiger partial charge >= 0.3 is 0 Å². The molecule has 2 amide bonds. The van der Waals surface area contributed by atoms with Crippen LogP contribution in [-0.4, -0.2) is 37.4 Å². The molecule has 0 radical (unpaired) electrons. The summed E-state index contributed by atoms with van der Waals surface area (Å²) in [7, 11) is 3.46. The summed E-state index contributed by atoms with van der Waals surface area (Å²) >= 11 is 11.8. The maximum absolute atomic E-state index is 12.1. The minimum absolute atomic E-state index is 0.0627. The van der Waals surface area contributed by atoms with Crippen molar-refractivity contribution in [2.24, 2.45) is 0 Å². The van der Waals surface area contributed by atoms with Gasteiger partial charge < -0.3 is 15.0 Å². The second-order valence-electron chi connectivity index (χ2n) is 5.90. The molecule has 0 atom stereocenters. The first-order valence-corrected chi connectivity index (χ1v) is 8.77. The number of hydrogen-bond donors (Lipinski definition) is 1. The van der Waals surface area contributed by atoms with E-state index >= 15 is 0 Å². The highest BCUT2D eigenvalue weighted by Crippen LogP contribution is 2.27. The van der Waals surface area contributed by atoms with Crippen molar-refractivity contribution in [3.8, 4) is 5.75 Å². The Morgan fingerprint density at radius 1 is 1.12 bits per heavy atom. The number of carbonyl (C=O) groups is 2. The molecule has 0 aliphatic heterocycles. The second-order valence-corrected chi connectivity index (χ2v) is 6.74. The molecule has 0 bridgehead atoms. The first-order chi connectivity index (χ1) is 12.3. The van der Waals surface area contributed by atoms with Crippen LogP contribution in [0.3, 0.4) is 0 Å². The smallest absolute Gasteiger partial charge is 0.262 e. The molecule has 26 heavy (non-hydrogen) atoms. The molecule has 138 valence electrons. The molecule has 0 saturated heterocycles. The highest BCUT2D eigenvalue weighted by molar-refractivity contribution is 6.35. The van der Waals surface area contributed by atoms with E-state index in [1.165, 1.54) is 0 Å². The SMILES string of the molecule is CN(C)C(=O)CCc1cccc(NC(=O)COc2ccc(Cl)cc2Cl)c1. The summed E-state index contributed by atoms with van der Waals surface area (Å²) in [5.41, 5.74) is 1.62. The number of aryl methyl sites for hydroxylation is 1. The van der Waals surface area contributed by atoms with Gasteiger partial charge in [0.05, 0.1) is 5.02 Å². The first-order valence-electron chi connectivity index (χ1n) is 8.02. The summed E-state index contributed by atoms with van der Waals surface area (Å²) in [5, 5.41) is 3.61. The van der Waals surface area contributed by atoms with Crippen LogP contribution in [0.4, 0.5) is 5.69 Å². The van der Waals surface area contributed by atoms with Gasteiger partial charge in [-0.15, -0.1) is 0 Å². The summed E-state index contributed by atoms with van der Waals surface area (Å²) in [4.78, 5) is 25.3. The van der Waals surface area contributed by atoms with Crippen molar-refractivity contribution in [1.82, 2.24) is 4.90 Å². The van der Waals surface area contributed by atoms with Gasteiger partial charge in [-0.25, -0.2) is 0 Å². The lowest BCUT2D eigenvalue weighted by Crippen LogP contribution is -2.22. The van der Waals surface area contributed by atoms with Gasteiger partial charge in [-0.2, -0.15) is 0 Å². The van der Waals surface area contributed by atoms with Gasteiger partial charge in [0.1, 0.15) is 5.75 Å². The van der Waals surface area contributed by atoms with E-state index in [1.54, 1.807) is 43.3 Å². The number of hydrogen-bond acceptors (Lipinski definition) is 3. The summed E-state index contributed by atoms with van der Waals surface area (Å²) < 4.78 is 5.41. The molecule has 0 spiro atoms. The number of ether oxygens (including phenoxy) is 1. The number of carbonyl (C=O) groups excluding carboxylic acids is 2. The largest absolute Gasteiger partial charge is 0.482 e. The van der Waals surface area contributed by atoms with Crippen LogP contribution in [-0.2, 0) is 16.0 Å². The molecule has 0 unspecified atom stereocenters. The number of anilines is 1. The predicted octanol–water partition coefficient (Wildman–Crippen LogP) is 4.03. The molecule has 0 saturated carbocycles. The number of nitrogens with zero attached hydrogens (tertiary/aromatic N) is 1. The minimum Gasteiger partial charge on any atom is -0.482 e. The van der Waals surface area contributed by atoms with Crippen LogP contribution < -0.4 is 10.1 Å². The molecule has 0 heterocycles. The normalized spacial score (nSPS) is 10.3. The topological polar surface area (TPSA) is 58.6 Å². The quantitative estimate of drug-likeness (QED) is 0.770. The molecule has 2 rings (SSSR count). The molecule has 5 nitrogen and oxygen atoms in total. The third-order valence-electron chi connectivity index (χ3n) is 3.59. The molecule has 7 heteroatoms. The zero-order valence-electron chi connectivity index (χ0n) is 14.6. The Morgan fingerprint density at radius 2 is 1.88 bits per heavy atom. The zero-order valence-corrected chi connectivity index (χ0v) is 16.1. The van der Waals surface area contributed by atoms with Gasteiger partial charge in [0.2, 0.25) is 5.91 Å². The molecule has 0 aliphatic carbocycles. The molecular formula is C19H20Cl2N2O3.